The summed E-state index contributed by atoms with van der Waals surface area (Å²) in [7, 11) is 0. The molecule has 5 aromatic rings. The zero-order chi connectivity index (χ0) is 31.4. The standard InChI is InChI=1S/C39H36N2O4/c1-2-45-39(44)36(41-35-19-10-9-18-34(35)38(43)32-15-7-4-8-16-32)25-28-20-22-30(23-21-28)33-17-11-12-29(24-33)26-40-27-37(42)31-13-5-3-6-14-31/h3-24,36,40-41H,2,25-27H2,1H3. The highest BCUT2D eigenvalue weighted by atomic mass is 16.5. The molecule has 45 heavy (non-hydrogen) atoms. The van der Waals surface area contributed by atoms with Crippen LogP contribution in [0.3, 0.4) is 0 Å². The van der Waals surface area contributed by atoms with Gasteiger partial charge in [0, 0.05) is 35.3 Å². The number of carbonyl (C=O) groups excluding carboxylic acids is 3. The maximum absolute atomic E-state index is 13.3. The molecule has 0 aliphatic carbocycles. The van der Waals surface area contributed by atoms with Gasteiger partial charge in [-0.15, -0.1) is 0 Å². The number of rotatable bonds is 14. The lowest BCUT2D eigenvalue weighted by Crippen LogP contribution is -2.34. The van der Waals surface area contributed by atoms with Gasteiger partial charge >= 0.3 is 5.97 Å². The number of carbonyl (C=O) groups is 3. The van der Waals surface area contributed by atoms with Gasteiger partial charge in [-0.2, -0.15) is 0 Å². The van der Waals surface area contributed by atoms with Crippen LogP contribution >= 0.6 is 0 Å². The van der Waals surface area contributed by atoms with Gasteiger partial charge in [0.05, 0.1) is 13.2 Å². The number of para-hydroxylation sites is 1. The van der Waals surface area contributed by atoms with E-state index < -0.39 is 6.04 Å². The summed E-state index contributed by atoms with van der Waals surface area (Å²) >= 11 is 0. The molecule has 0 heterocycles. The molecule has 0 spiro atoms. The Hall–Kier alpha value is -5.33. The molecule has 0 radical (unpaired) electrons. The van der Waals surface area contributed by atoms with Crippen LogP contribution in [0.2, 0.25) is 0 Å². The summed E-state index contributed by atoms with van der Waals surface area (Å²) in [5, 5.41) is 6.55. The van der Waals surface area contributed by atoms with E-state index in [1.165, 1.54) is 0 Å². The molecule has 6 heteroatoms. The molecule has 6 nitrogen and oxygen atoms in total. The normalized spacial score (nSPS) is 11.4. The minimum Gasteiger partial charge on any atom is -0.464 e. The summed E-state index contributed by atoms with van der Waals surface area (Å²) in [4.78, 5) is 38.7. The minimum atomic E-state index is -0.687. The van der Waals surface area contributed by atoms with Crippen LogP contribution < -0.4 is 10.6 Å². The van der Waals surface area contributed by atoms with Crippen molar-refractivity contribution in [1.29, 1.82) is 0 Å². The molecule has 2 N–H and O–H groups in total. The lowest BCUT2D eigenvalue weighted by Gasteiger charge is -2.20. The van der Waals surface area contributed by atoms with E-state index in [0.29, 0.717) is 35.3 Å². The van der Waals surface area contributed by atoms with Crippen molar-refractivity contribution in [3.8, 4) is 11.1 Å². The summed E-state index contributed by atoms with van der Waals surface area (Å²) in [6.45, 7) is 2.88. The summed E-state index contributed by atoms with van der Waals surface area (Å²) in [5.41, 5.74) is 6.48. The van der Waals surface area contributed by atoms with E-state index in [2.05, 4.69) is 22.8 Å². The zero-order valence-corrected chi connectivity index (χ0v) is 25.2. The second kappa shape index (κ2) is 15.4. The smallest absolute Gasteiger partial charge is 0.328 e. The minimum absolute atomic E-state index is 0.0595. The molecule has 5 rings (SSSR count). The first-order chi connectivity index (χ1) is 22.0. The van der Waals surface area contributed by atoms with Crippen molar-refractivity contribution in [1.82, 2.24) is 5.32 Å². The van der Waals surface area contributed by atoms with Crippen LogP contribution in [0.5, 0.6) is 0 Å². The number of esters is 1. The highest BCUT2D eigenvalue weighted by Gasteiger charge is 2.23. The molecule has 0 bridgehead atoms. The number of anilines is 1. The second-order valence-electron chi connectivity index (χ2n) is 10.7. The largest absolute Gasteiger partial charge is 0.464 e. The first kappa shape index (κ1) is 31.1. The average Bonchev–Trinajstić information content (AvgIpc) is 3.09. The summed E-state index contributed by atoms with van der Waals surface area (Å²) < 4.78 is 5.40. The van der Waals surface area contributed by atoms with Crippen molar-refractivity contribution in [2.45, 2.75) is 25.9 Å². The number of nitrogens with one attached hydrogen (secondary N) is 2. The number of ether oxygens (including phenoxy) is 1. The molecule has 0 amide bonds. The fourth-order valence-electron chi connectivity index (χ4n) is 5.15. The predicted octanol–water partition coefficient (Wildman–Crippen LogP) is 7.14. The van der Waals surface area contributed by atoms with Crippen molar-refractivity contribution >= 4 is 23.2 Å². The van der Waals surface area contributed by atoms with Crippen LogP contribution in [0, 0.1) is 0 Å². The van der Waals surface area contributed by atoms with Gasteiger partial charge in [0.15, 0.2) is 11.6 Å². The van der Waals surface area contributed by atoms with Gasteiger partial charge in [-0.1, -0.05) is 115 Å². The van der Waals surface area contributed by atoms with Crippen molar-refractivity contribution in [2.24, 2.45) is 0 Å². The van der Waals surface area contributed by atoms with Crippen molar-refractivity contribution < 1.29 is 19.1 Å². The average molecular weight is 597 g/mol. The van der Waals surface area contributed by atoms with Gasteiger partial charge in [-0.3, -0.25) is 9.59 Å². The molecule has 0 fully saturated rings. The quantitative estimate of drug-likeness (QED) is 0.105. The van der Waals surface area contributed by atoms with Gasteiger partial charge in [0.25, 0.3) is 0 Å². The Kier molecular flexibility index (Phi) is 10.7. The van der Waals surface area contributed by atoms with Crippen LogP contribution in [0.1, 0.15) is 44.3 Å². The maximum Gasteiger partial charge on any atom is 0.328 e. The number of hydrogen-bond donors (Lipinski definition) is 2. The Bertz CT molecular complexity index is 1730. The first-order valence-electron chi connectivity index (χ1n) is 15.1. The lowest BCUT2D eigenvalue weighted by molar-refractivity contribution is -0.144. The van der Waals surface area contributed by atoms with E-state index in [4.69, 9.17) is 4.74 Å². The molecule has 1 atom stereocenters. The Balaban J connectivity index is 1.26. The highest BCUT2D eigenvalue weighted by Crippen LogP contribution is 2.24. The first-order valence-corrected chi connectivity index (χ1v) is 15.1. The molecular weight excluding hydrogens is 560 g/mol. The fourth-order valence-corrected chi connectivity index (χ4v) is 5.15. The SMILES string of the molecule is CCOC(=O)C(Cc1ccc(-c2cccc(CNCC(=O)c3ccccc3)c2)cc1)Nc1ccccc1C(=O)c1ccccc1. The molecule has 0 saturated heterocycles. The van der Waals surface area contributed by atoms with E-state index in [-0.39, 0.29) is 30.7 Å². The third-order valence-corrected chi connectivity index (χ3v) is 7.47. The van der Waals surface area contributed by atoms with Gasteiger partial charge in [-0.25, -0.2) is 4.79 Å². The van der Waals surface area contributed by atoms with Gasteiger partial charge in [0.2, 0.25) is 0 Å². The van der Waals surface area contributed by atoms with Crippen molar-refractivity contribution in [3.05, 3.63) is 161 Å². The van der Waals surface area contributed by atoms with E-state index in [1.54, 1.807) is 25.1 Å². The number of hydrogen-bond acceptors (Lipinski definition) is 6. The Morgan fingerprint density at radius 3 is 2.04 bits per heavy atom. The summed E-state index contributed by atoms with van der Waals surface area (Å²) in [6.07, 6.45) is 0.381. The van der Waals surface area contributed by atoms with E-state index in [1.807, 2.05) is 103 Å². The summed E-state index contributed by atoms with van der Waals surface area (Å²) in [5.74, 6) is -0.440. The topological polar surface area (TPSA) is 84.5 Å². The van der Waals surface area contributed by atoms with E-state index >= 15 is 0 Å². The van der Waals surface area contributed by atoms with E-state index in [9.17, 15) is 14.4 Å². The van der Waals surface area contributed by atoms with E-state index in [0.717, 1.165) is 22.3 Å². The van der Waals surface area contributed by atoms with Crippen LogP contribution in [-0.2, 0) is 22.5 Å². The Morgan fingerprint density at radius 1 is 0.667 bits per heavy atom. The maximum atomic E-state index is 13.3. The van der Waals surface area contributed by atoms with Gasteiger partial charge in [-0.05, 0) is 47.4 Å². The molecule has 5 aromatic carbocycles. The van der Waals surface area contributed by atoms with Crippen LogP contribution in [0.15, 0.2) is 133 Å². The molecule has 226 valence electrons. The third kappa shape index (κ3) is 8.40. The van der Waals surface area contributed by atoms with Gasteiger partial charge in [0.1, 0.15) is 6.04 Å². The Morgan fingerprint density at radius 2 is 1.33 bits per heavy atom. The molecule has 0 saturated carbocycles. The fraction of sp³-hybridized carbons (Fsp3) is 0.154. The van der Waals surface area contributed by atoms with Crippen molar-refractivity contribution in [2.75, 3.05) is 18.5 Å². The predicted molar refractivity (Wildman–Crippen MR) is 178 cm³/mol. The number of benzene rings is 5. The molecule has 0 aromatic heterocycles. The second-order valence-corrected chi connectivity index (χ2v) is 10.7. The van der Waals surface area contributed by atoms with Crippen molar-refractivity contribution in [3.63, 3.8) is 0 Å². The lowest BCUT2D eigenvalue weighted by atomic mass is 9.98. The summed E-state index contributed by atoms with van der Waals surface area (Å²) in [6, 6.07) is 41.2. The zero-order valence-electron chi connectivity index (χ0n) is 25.2. The highest BCUT2D eigenvalue weighted by molar-refractivity contribution is 6.12. The van der Waals surface area contributed by atoms with Crippen LogP contribution in [-0.4, -0.2) is 36.7 Å². The molecule has 0 aliphatic rings. The van der Waals surface area contributed by atoms with Crippen LogP contribution in [0.4, 0.5) is 5.69 Å². The van der Waals surface area contributed by atoms with Gasteiger partial charge < -0.3 is 15.4 Å². The Labute approximate surface area is 264 Å². The van der Waals surface area contributed by atoms with Crippen LogP contribution in [0.25, 0.3) is 11.1 Å². The number of ketones is 2. The third-order valence-electron chi connectivity index (χ3n) is 7.47. The number of Topliss-reactive ketones (excluding diaryl/α,β-unsaturated/α-hetero) is 1. The molecule has 0 aliphatic heterocycles. The monoisotopic (exact) mass is 596 g/mol. The molecular formula is C39H36N2O4. The molecule has 1 unspecified atom stereocenters.